The summed E-state index contributed by atoms with van der Waals surface area (Å²) in [4.78, 5) is 2.54. The molecule has 0 amide bonds. The van der Waals surface area contributed by atoms with Crippen LogP contribution in [0.3, 0.4) is 0 Å². The average Bonchev–Trinajstić information content (AvgIpc) is 2.80. The van der Waals surface area contributed by atoms with Gasteiger partial charge in [0.25, 0.3) is 0 Å². The van der Waals surface area contributed by atoms with Crippen LogP contribution in [0.1, 0.15) is 46.5 Å². The maximum Gasteiger partial charge on any atom is 0.147 e. The van der Waals surface area contributed by atoms with Gasteiger partial charge in [0.2, 0.25) is 0 Å². The molecule has 1 aliphatic rings. The highest BCUT2D eigenvalue weighted by molar-refractivity contribution is 7.90. The van der Waals surface area contributed by atoms with Crippen LogP contribution in [0.4, 0.5) is 0 Å². The van der Waals surface area contributed by atoms with Crippen LogP contribution in [0.5, 0.6) is 0 Å². The highest BCUT2D eigenvalue weighted by Crippen LogP contribution is 2.26. The van der Waals surface area contributed by atoms with E-state index in [0.717, 1.165) is 19.4 Å². The van der Waals surface area contributed by atoms with Crippen LogP contribution < -0.4 is 5.32 Å². The zero-order valence-corrected chi connectivity index (χ0v) is 13.7. The van der Waals surface area contributed by atoms with Crippen LogP contribution in [0.15, 0.2) is 0 Å². The molecular formula is C14H30N2O2S. The third kappa shape index (κ3) is 5.40. The first-order valence-electron chi connectivity index (χ1n) is 7.43. The van der Waals surface area contributed by atoms with Crippen molar-refractivity contribution in [2.75, 3.05) is 31.6 Å². The minimum Gasteiger partial charge on any atom is -0.312 e. The van der Waals surface area contributed by atoms with Gasteiger partial charge in [-0.25, -0.2) is 8.42 Å². The lowest BCUT2D eigenvalue weighted by molar-refractivity contribution is 0.103. The molecule has 0 aromatic carbocycles. The summed E-state index contributed by atoms with van der Waals surface area (Å²) < 4.78 is 22.5. The molecule has 1 saturated heterocycles. The molecule has 0 saturated carbocycles. The van der Waals surface area contributed by atoms with Crippen molar-refractivity contribution in [2.45, 2.75) is 58.0 Å². The Morgan fingerprint density at radius 1 is 1.26 bits per heavy atom. The van der Waals surface area contributed by atoms with Crippen molar-refractivity contribution >= 4 is 9.84 Å². The fourth-order valence-electron chi connectivity index (χ4n) is 3.01. The van der Waals surface area contributed by atoms with E-state index >= 15 is 0 Å². The van der Waals surface area contributed by atoms with E-state index in [-0.39, 0.29) is 5.54 Å². The third-order valence-electron chi connectivity index (χ3n) is 4.23. The Morgan fingerprint density at radius 3 is 2.32 bits per heavy atom. The van der Waals surface area contributed by atoms with Crippen LogP contribution in [-0.4, -0.2) is 56.5 Å². The first-order chi connectivity index (χ1) is 8.77. The summed E-state index contributed by atoms with van der Waals surface area (Å²) in [6.45, 7) is 9.95. The summed E-state index contributed by atoms with van der Waals surface area (Å²) in [7, 11) is -2.84. The summed E-state index contributed by atoms with van der Waals surface area (Å²) in [5, 5.41) is 3.55. The number of rotatable bonds is 8. The van der Waals surface area contributed by atoms with E-state index in [1.165, 1.54) is 32.2 Å². The molecule has 0 aromatic heterocycles. The Bertz CT molecular complexity index is 360. The first-order valence-corrected chi connectivity index (χ1v) is 9.49. The van der Waals surface area contributed by atoms with Crippen LogP contribution in [-0.2, 0) is 9.84 Å². The second kappa shape index (κ2) is 7.04. The summed E-state index contributed by atoms with van der Waals surface area (Å²) in [5.41, 5.74) is 0.101. The minimum absolute atomic E-state index is 0.101. The van der Waals surface area contributed by atoms with Crippen molar-refractivity contribution in [3.63, 3.8) is 0 Å². The number of hydrogen-bond donors (Lipinski definition) is 1. The third-order valence-corrected chi connectivity index (χ3v) is 5.26. The molecule has 1 N–H and O–H groups in total. The van der Waals surface area contributed by atoms with Gasteiger partial charge in [-0.05, 0) is 59.2 Å². The lowest BCUT2D eigenvalue weighted by Crippen LogP contribution is -2.56. The van der Waals surface area contributed by atoms with Crippen molar-refractivity contribution in [3.05, 3.63) is 0 Å². The molecule has 0 aliphatic carbocycles. The van der Waals surface area contributed by atoms with Gasteiger partial charge in [0, 0.05) is 23.6 Å². The maximum atomic E-state index is 11.2. The number of hydrogen-bond acceptors (Lipinski definition) is 4. The molecule has 1 fully saturated rings. The van der Waals surface area contributed by atoms with E-state index in [9.17, 15) is 8.42 Å². The largest absolute Gasteiger partial charge is 0.312 e. The van der Waals surface area contributed by atoms with Gasteiger partial charge in [0.15, 0.2) is 0 Å². The second-order valence-corrected chi connectivity index (χ2v) is 8.49. The molecule has 1 atom stereocenters. The zero-order chi connectivity index (χ0) is 14.5. The van der Waals surface area contributed by atoms with E-state index in [0.29, 0.717) is 11.8 Å². The number of nitrogens with zero attached hydrogens (tertiary/aromatic N) is 1. The van der Waals surface area contributed by atoms with E-state index < -0.39 is 9.84 Å². The van der Waals surface area contributed by atoms with Gasteiger partial charge in [-0.1, -0.05) is 6.92 Å². The number of sulfone groups is 1. The molecule has 1 unspecified atom stereocenters. The normalized spacial score (nSPS) is 19.8. The molecule has 4 nitrogen and oxygen atoms in total. The topological polar surface area (TPSA) is 49.4 Å². The van der Waals surface area contributed by atoms with Crippen LogP contribution in [0.25, 0.3) is 0 Å². The molecule has 0 radical (unpaired) electrons. The smallest absolute Gasteiger partial charge is 0.147 e. The lowest BCUT2D eigenvalue weighted by atomic mass is 9.89. The van der Waals surface area contributed by atoms with Gasteiger partial charge in [-0.2, -0.15) is 0 Å². The molecule has 0 bridgehead atoms. The van der Waals surface area contributed by atoms with E-state index in [1.54, 1.807) is 0 Å². The summed E-state index contributed by atoms with van der Waals surface area (Å²) in [5.74, 6) is 0.297. The van der Waals surface area contributed by atoms with Crippen molar-refractivity contribution in [1.29, 1.82) is 0 Å². The molecule has 1 aliphatic heterocycles. The summed E-state index contributed by atoms with van der Waals surface area (Å²) in [6, 6.07) is 0.359. The Labute approximate surface area is 118 Å². The van der Waals surface area contributed by atoms with Crippen molar-refractivity contribution in [3.8, 4) is 0 Å². The number of likely N-dealkylation sites (N-methyl/N-ethyl adjacent to an activating group) is 1. The molecule has 0 spiro atoms. The minimum atomic E-state index is -2.84. The summed E-state index contributed by atoms with van der Waals surface area (Å²) >= 11 is 0. The van der Waals surface area contributed by atoms with Crippen LogP contribution in [0.2, 0.25) is 0 Å². The van der Waals surface area contributed by atoms with Crippen LogP contribution >= 0.6 is 0 Å². The molecular weight excluding hydrogens is 260 g/mol. The van der Waals surface area contributed by atoms with E-state index in [2.05, 4.69) is 31.0 Å². The molecule has 1 heterocycles. The standard InChI is InChI=1S/C14H30N2O2S/c1-5-15-13(9-8-12-19(4,17)18)14(2,3)16-10-6-7-11-16/h13,15H,5-12H2,1-4H3. The monoisotopic (exact) mass is 290 g/mol. The molecule has 1 rings (SSSR count). The number of likely N-dealkylation sites (tertiary alicyclic amines) is 1. The number of nitrogens with one attached hydrogen (secondary N) is 1. The average molecular weight is 290 g/mol. The van der Waals surface area contributed by atoms with Gasteiger partial charge in [-0.3, -0.25) is 4.90 Å². The zero-order valence-electron chi connectivity index (χ0n) is 12.9. The lowest BCUT2D eigenvalue weighted by Gasteiger charge is -2.42. The quantitative estimate of drug-likeness (QED) is 0.739. The Kier molecular flexibility index (Phi) is 6.27. The van der Waals surface area contributed by atoms with Gasteiger partial charge in [0.1, 0.15) is 9.84 Å². The van der Waals surface area contributed by atoms with E-state index in [4.69, 9.17) is 0 Å². The highest BCUT2D eigenvalue weighted by Gasteiger charge is 2.35. The highest BCUT2D eigenvalue weighted by atomic mass is 32.2. The fraction of sp³-hybridized carbons (Fsp3) is 1.00. The second-order valence-electron chi connectivity index (χ2n) is 6.23. The van der Waals surface area contributed by atoms with Gasteiger partial charge in [-0.15, -0.1) is 0 Å². The fourth-order valence-corrected chi connectivity index (χ4v) is 3.71. The first kappa shape index (κ1) is 16.9. The Hall–Kier alpha value is -0.130. The molecule has 114 valence electrons. The molecule has 19 heavy (non-hydrogen) atoms. The summed E-state index contributed by atoms with van der Waals surface area (Å²) in [6.07, 6.45) is 5.55. The molecule has 5 heteroatoms. The van der Waals surface area contributed by atoms with Crippen molar-refractivity contribution in [2.24, 2.45) is 0 Å². The maximum absolute atomic E-state index is 11.2. The molecule has 0 aromatic rings. The van der Waals surface area contributed by atoms with Crippen molar-refractivity contribution in [1.82, 2.24) is 10.2 Å². The van der Waals surface area contributed by atoms with Crippen LogP contribution in [0, 0.1) is 0 Å². The van der Waals surface area contributed by atoms with E-state index in [1.807, 2.05) is 0 Å². The Morgan fingerprint density at radius 2 is 1.84 bits per heavy atom. The van der Waals surface area contributed by atoms with Gasteiger partial charge >= 0.3 is 0 Å². The predicted molar refractivity (Wildman–Crippen MR) is 81.3 cm³/mol. The Balaban J connectivity index is 2.59. The predicted octanol–water partition coefficient (Wildman–Crippen LogP) is 1.66. The van der Waals surface area contributed by atoms with Crippen molar-refractivity contribution < 1.29 is 8.42 Å². The van der Waals surface area contributed by atoms with Gasteiger partial charge < -0.3 is 5.32 Å². The SMILES string of the molecule is CCNC(CCCS(C)(=O)=O)C(C)(C)N1CCCC1. The van der Waals surface area contributed by atoms with Gasteiger partial charge in [0.05, 0.1) is 0 Å².